The Morgan fingerprint density at radius 1 is 1.33 bits per heavy atom. The van der Waals surface area contributed by atoms with Gasteiger partial charge in [0.05, 0.1) is 0 Å². The zero-order chi connectivity index (χ0) is 15.9. The number of hydrogen-bond acceptors (Lipinski definition) is 4. The summed E-state index contributed by atoms with van der Waals surface area (Å²) in [6.07, 6.45) is 3.09. The van der Waals surface area contributed by atoms with E-state index >= 15 is 0 Å². The van der Waals surface area contributed by atoms with Gasteiger partial charge in [0.15, 0.2) is 0 Å². The molecule has 7 heteroatoms. The van der Waals surface area contributed by atoms with Gasteiger partial charge in [0.1, 0.15) is 12.4 Å². The van der Waals surface area contributed by atoms with Crippen LogP contribution in [0.15, 0.2) is 24.3 Å². The predicted octanol–water partition coefficient (Wildman–Crippen LogP) is 2.78. The average molecular weight is 378 g/mol. The predicted molar refractivity (Wildman–Crippen MR) is 104 cm³/mol. The van der Waals surface area contributed by atoms with E-state index in [2.05, 4.69) is 10.2 Å². The molecule has 0 heterocycles. The van der Waals surface area contributed by atoms with Crippen LogP contribution >= 0.6 is 24.8 Å². The third kappa shape index (κ3) is 6.85. The number of anilines is 1. The number of benzene rings is 1. The Kier molecular flexibility index (Phi) is 11.0. The third-order valence-electron chi connectivity index (χ3n) is 4.21. The molecular weight excluding hydrogens is 349 g/mol. The van der Waals surface area contributed by atoms with Crippen molar-refractivity contribution in [2.45, 2.75) is 19.3 Å². The molecule has 0 aliphatic heterocycles. The van der Waals surface area contributed by atoms with Crippen LogP contribution in [0.2, 0.25) is 0 Å². The second kappa shape index (κ2) is 11.5. The molecule has 3 N–H and O–H groups in total. The Hall–Kier alpha value is -1.01. The van der Waals surface area contributed by atoms with Gasteiger partial charge in [0.2, 0.25) is 5.91 Å². The maximum atomic E-state index is 12.4. The number of nitrogens with two attached hydrogens (primary N) is 1. The summed E-state index contributed by atoms with van der Waals surface area (Å²) in [5.74, 6) is 1.22. The summed E-state index contributed by atoms with van der Waals surface area (Å²) in [5, 5.41) is 3.00. The van der Waals surface area contributed by atoms with Gasteiger partial charge >= 0.3 is 0 Å². The summed E-state index contributed by atoms with van der Waals surface area (Å²) >= 11 is 0. The molecule has 0 bridgehead atoms. The molecule has 1 aliphatic carbocycles. The lowest BCUT2D eigenvalue weighted by molar-refractivity contribution is -0.120. The van der Waals surface area contributed by atoms with Crippen molar-refractivity contribution < 1.29 is 9.53 Å². The zero-order valence-corrected chi connectivity index (χ0v) is 16.0. The van der Waals surface area contributed by atoms with Crippen LogP contribution in [0, 0.1) is 11.8 Å². The van der Waals surface area contributed by atoms with Gasteiger partial charge in [0.25, 0.3) is 0 Å². The molecule has 0 radical (unpaired) electrons. The van der Waals surface area contributed by atoms with Crippen molar-refractivity contribution in [2.75, 3.05) is 39.1 Å². The molecule has 1 fully saturated rings. The third-order valence-corrected chi connectivity index (χ3v) is 4.21. The smallest absolute Gasteiger partial charge is 0.227 e. The minimum atomic E-state index is 0. The van der Waals surface area contributed by atoms with Crippen molar-refractivity contribution in [3.8, 4) is 5.75 Å². The molecule has 0 spiro atoms. The molecule has 1 aromatic rings. The van der Waals surface area contributed by atoms with E-state index < -0.39 is 0 Å². The molecular formula is C17H29Cl2N3O2. The standard InChI is InChI=1S/C17H27N3O2.2ClH/c1-20(2)9-10-22-15-7-4-6-14(11-15)19-17(21)16-8-3-5-13(16)12-18;;/h4,6-7,11,13,16H,3,5,8-10,12,18H2,1-2H3,(H,19,21);2*1H/t13-,16-;;/m1../s1. The molecule has 1 amide bonds. The Bertz CT molecular complexity index is 500. The van der Waals surface area contributed by atoms with Gasteiger partial charge in [-0.05, 0) is 51.5 Å². The first-order valence-corrected chi connectivity index (χ1v) is 7.98. The Morgan fingerprint density at radius 2 is 2.08 bits per heavy atom. The average Bonchev–Trinajstić information content (AvgIpc) is 2.96. The number of halogens is 2. The van der Waals surface area contributed by atoms with E-state index in [4.69, 9.17) is 10.5 Å². The Morgan fingerprint density at radius 3 is 2.75 bits per heavy atom. The van der Waals surface area contributed by atoms with E-state index in [1.54, 1.807) is 0 Å². The van der Waals surface area contributed by atoms with Crippen LogP contribution < -0.4 is 15.8 Å². The largest absolute Gasteiger partial charge is 0.492 e. The number of rotatable bonds is 7. The SMILES string of the molecule is CN(C)CCOc1cccc(NC(=O)[C@@H]2CCC[C@@H]2CN)c1.Cl.Cl. The minimum Gasteiger partial charge on any atom is -0.492 e. The summed E-state index contributed by atoms with van der Waals surface area (Å²) in [7, 11) is 4.02. The molecule has 24 heavy (non-hydrogen) atoms. The summed E-state index contributed by atoms with van der Waals surface area (Å²) in [6.45, 7) is 2.07. The van der Waals surface area contributed by atoms with Crippen molar-refractivity contribution >= 4 is 36.4 Å². The van der Waals surface area contributed by atoms with Gasteiger partial charge < -0.3 is 20.7 Å². The molecule has 2 atom stereocenters. The molecule has 138 valence electrons. The fourth-order valence-corrected chi connectivity index (χ4v) is 2.91. The van der Waals surface area contributed by atoms with Gasteiger partial charge in [-0.25, -0.2) is 0 Å². The highest BCUT2D eigenvalue weighted by Crippen LogP contribution is 2.32. The van der Waals surface area contributed by atoms with Crippen LogP contribution in [0.1, 0.15) is 19.3 Å². The summed E-state index contributed by atoms with van der Waals surface area (Å²) in [6, 6.07) is 7.57. The quantitative estimate of drug-likeness (QED) is 0.766. The van der Waals surface area contributed by atoms with E-state index in [1.807, 2.05) is 38.4 Å². The minimum absolute atomic E-state index is 0. The van der Waals surface area contributed by atoms with Crippen molar-refractivity contribution in [2.24, 2.45) is 17.6 Å². The number of hydrogen-bond donors (Lipinski definition) is 2. The number of nitrogens with one attached hydrogen (secondary N) is 1. The normalized spacial score (nSPS) is 19.3. The second-order valence-electron chi connectivity index (χ2n) is 6.20. The van der Waals surface area contributed by atoms with Crippen molar-refractivity contribution in [3.05, 3.63) is 24.3 Å². The molecule has 1 aromatic carbocycles. The van der Waals surface area contributed by atoms with Crippen LogP contribution in [0.4, 0.5) is 5.69 Å². The van der Waals surface area contributed by atoms with Crippen LogP contribution in [0.3, 0.4) is 0 Å². The van der Waals surface area contributed by atoms with Crippen LogP contribution in [0.5, 0.6) is 5.75 Å². The molecule has 0 saturated heterocycles. The molecule has 0 unspecified atom stereocenters. The number of amides is 1. The van der Waals surface area contributed by atoms with Gasteiger partial charge in [-0.15, -0.1) is 24.8 Å². The number of ether oxygens (including phenoxy) is 1. The van der Waals surface area contributed by atoms with Crippen molar-refractivity contribution in [1.29, 1.82) is 0 Å². The first-order chi connectivity index (χ1) is 10.6. The van der Waals surface area contributed by atoms with Crippen LogP contribution in [-0.4, -0.2) is 44.6 Å². The van der Waals surface area contributed by atoms with E-state index in [0.717, 1.165) is 37.2 Å². The van der Waals surface area contributed by atoms with E-state index in [9.17, 15) is 4.79 Å². The highest BCUT2D eigenvalue weighted by Gasteiger charge is 2.31. The van der Waals surface area contributed by atoms with Gasteiger partial charge in [-0.2, -0.15) is 0 Å². The molecule has 0 aromatic heterocycles. The molecule has 5 nitrogen and oxygen atoms in total. The zero-order valence-electron chi connectivity index (χ0n) is 14.4. The lowest BCUT2D eigenvalue weighted by Gasteiger charge is -2.18. The molecule has 1 aliphatic rings. The summed E-state index contributed by atoms with van der Waals surface area (Å²) in [5.41, 5.74) is 6.54. The fourth-order valence-electron chi connectivity index (χ4n) is 2.91. The van der Waals surface area contributed by atoms with E-state index in [-0.39, 0.29) is 36.6 Å². The monoisotopic (exact) mass is 377 g/mol. The first-order valence-electron chi connectivity index (χ1n) is 7.98. The lowest BCUT2D eigenvalue weighted by Crippen LogP contribution is -2.29. The van der Waals surface area contributed by atoms with Crippen molar-refractivity contribution in [3.63, 3.8) is 0 Å². The molecule has 1 saturated carbocycles. The maximum Gasteiger partial charge on any atom is 0.227 e. The number of carbonyl (C=O) groups excluding carboxylic acids is 1. The lowest BCUT2D eigenvalue weighted by atomic mass is 9.95. The van der Waals surface area contributed by atoms with Gasteiger partial charge in [-0.3, -0.25) is 4.79 Å². The van der Waals surface area contributed by atoms with E-state index in [0.29, 0.717) is 19.1 Å². The summed E-state index contributed by atoms with van der Waals surface area (Å²) < 4.78 is 5.69. The number of nitrogens with zero attached hydrogens (tertiary/aromatic N) is 1. The maximum absolute atomic E-state index is 12.4. The second-order valence-corrected chi connectivity index (χ2v) is 6.20. The highest BCUT2D eigenvalue weighted by atomic mass is 35.5. The van der Waals surface area contributed by atoms with Gasteiger partial charge in [0, 0.05) is 24.2 Å². The number of likely N-dealkylation sites (N-methyl/N-ethyl adjacent to an activating group) is 1. The summed E-state index contributed by atoms with van der Waals surface area (Å²) in [4.78, 5) is 14.5. The highest BCUT2D eigenvalue weighted by molar-refractivity contribution is 5.93. The van der Waals surface area contributed by atoms with E-state index in [1.165, 1.54) is 0 Å². The van der Waals surface area contributed by atoms with Crippen LogP contribution in [0.25, 0.3) is 0 Å². The molecule has 2 rings (SSSR count). The fraction of sp³-hybridized carbons (Fsp3) is 0.588. The Labute approximate surface area is 157 Å². The van der Waals surface area contributed by atoms with Crippen molar-refractivity contribution in [1.82, 2.24) is 4.90 Å². The first kappa shape index (κ1) is 23.0. The topological polar surface area (TPSA) is 67.6 Å². The number of carbonyl (C=O) groups is 1. The Balaban J connectivity index is 0.00000264. The van der Waals surface area contributed by atoms with Gasteiger partial charge in [-0.1, -0.05) is 12.5 Å². The van der Waals surface area contributed by atoms with Crippen LogP contribution in [-0.2, 0) is 4.79 Å².